The Balaban J connectivity index is 1.27. The van der Waals surface area contributed by atoms with Crippen molar-refractivity contribution in [1.29, 1.82) is 0 Å². The topological polar surface area (TPSA) is 70.2 Å². The van der Waals surface area contributed by atoms with Gasteiger partial charge < -0.3 is 15.5 Å². The van der Waals surface area contributed by atoms with E-state index in [-0.39, 0.29) is 5.91 Å². The summed E-state index contributed by atoms with van der Waals surface area (Å²) in [4.78, 5) is 25.2. The number of carbonyl (C=O) groups is 1. The summed E-state index contributed by atoms with van der Waals surface area (Å²) in [7, 11) is 2.21. The maximum Gasteiger partial charge on any atom is 0.252 e. The Bertz CT molecular complexity index is 1180. The van der Waals surface area contributed by atoms with Gasteiger partial charge in [0.15, 0.2) is 0 Å². The number of fused-ring (bicyclic) bond motifs is 1. The van der Waals surface area contributed by atoms with Crippen LogP contribution >= 0.6 is 22.9 Å². The van der Waals surface area contributed by atoms with Crippen LogP contribution in [0.4, 0.5) is 5.95 Å². The molecule has 0 atom stereocenters. The Morgan fingerprint density at radius 2 is 2.09 bits per heavy atom. The molecule has 1 aromatic carbocycles. The quantitative estimate of drug-likeness (QED) is 0.383. The number of nitrogens with one attached hydrogen (secondary N) is 2. The SMILES string of the molecule is CN1CCC(C)(CCCNc2ncc(Cl)c(-c3cc4c(C(=O)NC5CC5)cccc4s3)n2)CC1. The van der Waals surface area contributed by atoms with Crippen molar-refractivity contribution in [3.05, 3.63) is 41.0 Å². The van der Waals surface area contributed by atoms with Crippen molar-refractivity contribution in [1.82, 2.24) is 20.2 Å². The number of piperidine rings is 1. The van der Waals surface area contributed by atoms with Crippen molar-refractivity contribution in [2.75, 3.05) is 32.0 Å². The van der Waals surface area contributed by atoms with E-state index in [1.807, 2.05) is 24.3 Å². The van der Waals surface area contributed by atoms with Gasteiger partial charge in [0.1, 0.15) is 5.69 Å². The Labute approximate surface area is 210 Å². The lowest BCUT2D eigenvalue weighted by atomic mass is 9.77. The van der Waals surface area contributed by atoms with Crippen molar-refractivity contribution >= 4 is 44.9 Å². The molecule has 1 aliphatic heterocycles. The normalized spacial score (nSPS) is 18.2. The molecule has 34 heavy (non-hydrogen) atoms. The molecule has 2 aromatic heterocycles. The highest BCUT2D eigenvalue weighted by atomic mass is 35.5. The first-order valence-corrected chi connectivity index (χ1v) is 13.4. The van der Waals surface area contributed by atoms with Crippen molar-refractivity contribution < 1.29 is 4.79 Å². The molecule has 3 aromatic rings. The lowest BCUT2D eigenvalue weighted by Gasteiger charge is -2.38. The highest BCUT2D eigenvalue weighted by Crippen LogP contribution is 2.38. The van der Waals surface area contributed by atoms with Gasteiger partial charge in [0.2, 0.25) is 5.95 Å². The zero-order valence-electron chi connectivity index (χ0n) is 19.9. The van der Waals surface area contributed by atoms with E-state index in [0.717, 1.165) is 40.8 Å². The molecule has 0 unspecified atom stereocenters. The molecule has 8 heteroatoms. The average Bonchev–Trinajstić information content (AvgIpc) is 3.53. The van der Waals surface area contributed by atoms with E-state index in [1.54, 1.807) is 17.5 Å². The second-order valence-corrected chi connectivity index (χ2v) is 11.6. The summed E-state index contributed by atoms with van der Waals surface area (Å²) in [6, 6.07) is 8.21. The van der Waals surface area contributed by atoms with Crippen LogP contribution in [0.25, 0.3) is 20.7 Å². The lowest BCUT2D eigenvalue weighted by Crippen LogP contribution is -2.36. The fraction of sp³-hybridized carbons (Fsp3) is 0.500. The number of anilines is 1. The first kappa shape index (κ1) is 23.5. The molecule has 0 radical (unpaired) electrons. The molecule has 0 spiro atoms. The van der Waals surface area contributed by atoms with Crippen LogP contribution in [0.1, 0.15) is 55.8 Å². The standard InChI is InChI=1S/C26H32ClN5OS/c1-26(10-13-32(2)14-11-26)9-4-12-28-25-29-16-20(27)23(31-25)22-15-19-18(5-3-6-21(19)34-22)24(33)30-17-7-8-17/h3,5-6,15-17H,4,7-14H2,1-2H3,(H,30,33)(H,28,29,31). The molecule has 1 saturated heterocycles. The summed E-state index contributed by atoms with van der Waals surface area (Å²) in [6.45, 7) is 5.63. The van der Waals surface area contributed by atoms with E-state index in [0.29, 0.717) is 33.7 Å². The van der Waals surface area contributed by atoms with Gasteiger partial charge in [-0.1, -0.05) is 24.6 Å². The summed E-state index contributed by atoms with van der Waals surface area (Å²) in [5.41, 5.74) is 1.84. The zero-order chi connectivity index (χ0) is 23.7. The number of likely N-dealkylation sites (tertiary alicyclic amines) is 1. The van der Waals surface area contributed by atoms with Crippen LogP contribution in [-0.4, -0.2) is 53.5 Å². The number of hydrogen-bond acceptors (Lipinski definition) is 6. The summed E-state index contributed by atoms with van der Waals surface area (Å²) in [6.07, 6.45) is 8.62. The van der Waals surface area contributed by atoms with E-state index in [9.17, 15) is 4.79 Å². The van der Waals surface area contributed by atoms with E-state index >= 15 is 0 Å². The maximum absolute atomic E-state index is 12.7. The average molecular weight is 498 g/mol. The Morgan fingerprint density at radius 1 is 1.29 bits per heavy atom. The predicted molar refractivity (Wildman–Crippen MR) is 141 cm³/mol. The second kappa shape index (κ2) is 9.80. The van der Waals surface area contributed by atoms with E-state index < -0.39 is 0 Å². The third kappa shape index (κ3) is 5.37. The molecular weight excluding hydrogens is 466 g/mol. The monoisotopic (exact) mass is 497 g/mol. The summed E-state index contributed by atoms with van der Waals surface area (Å²) >= 11 is 8.10. The number of rotatable bonds is 8. The number of halogens is 1. The number of thiophene rings is 1. The zero-order valence-corrected chi connectivity index (χ0v) is 21.4. The molecule has 180 valence electrons. The fourth-order valence-electron chi connectivity index (χ4n) is 4.62. The van der Waals surface area contributed by atoms with Crippen LogP contribution < -0.4 is 10.6 Å². The lowest BCUT2D eigenvalue weighted by molar-refractivity contribution is 0.0952. The molecule has 2 N–H and O–H groups in total. The molecule has 2 aliphatic rings. The molecule has 0 bridgehead atoms. The molecule has 1 aliphatic carbocycles. The van der Waals surface area contributed by atoms with Gasteiger partial charge >= 0.3 is 0 Å². The molecule has 5 rings (SSSR count). The number of carbonyl (C=O) groups excluding carboxylic acids is 1. The van der Waals surface area contributed by atoms with Crippen molar-refractivity contribution in [2.24, 2.45) is 5.41 Å². The van der Waals surface area contributed by atoms with Crippen LogP contribution in [0.15, 0.2) is 30.5 Å². The minimum Gasteiger partial charge on any atom is -0.354 e. The van der Waals surface area contributed by atoms with Crippen LogP contribution in [0, 0.1) is 5.41 Å². The van der Waals surface area contributed by atoms with Gasteiger partial charge in [-0.2, -0.15) is 0 Å². The number of benzene rings is 1. The number of aromatic nitrogens is 2. The molecular formula is C26H32ClN5OS. The van der Waals surface area contributed by atoms with Crippen molar-refractivity contribution in [2.45, 2.75) is 51.5 Å². The van der Waals surface area contributed by atoms with Crippen LogP contribution in [0.3, 0.4) is 0 Å². The minimum absolute atomic E-state index is 0.00750. The summed E-state index contributed by atoms with van der Waals surface area (Å²) in [5.74, 6) is 0.587. The van der Waals surface area contributed by atoms with Crippen LogP contribution in [-0.2, 0) is 0 Å². The predicted octanol–water partition coefficient (Wildman–Crippen LogP) is 5.83. The molecule has 1 saturated carbocycles. The largest absolute Gasteiger partial charge is 0.354 e. The molecule has 2 fully saturated rings. The summed E-state index contributed by atoms with van der Waals surface area (Å²) in [5, 5.41) is 7.93. The first-order chi connectivity index (χ1) is 16.4. The maximum atomic E-state index is 12.7. The van der Waals surface area contributed by atoms with Gasteiger partial charge in [-0.15, -0.1) is 11.3 Å². The Morgan fingerprint density at radius 3 is 2.85 bits per heavy atom. The fourth-order valence-corrected chi connectivity index (χ4v) is 5.96. The van der Waals surface area contributed by atoms with Gasteiger partial charge in [0, 0.05) is 28.2 Å². The van der Waals surface area contributed by atoms with E-state index in [4.69, 9.17) is 16.6 Å². The molecule has 1 amide bonds. The Kier molecular flexibility index (Phi) is 6.78. The van der Waals surface area contributed by atoms with E-state index in [2.05, 4.69) is 34.5 Å². The van der Waals surface area contributed by atoms with Crippen LogP contribution in [0.2, 0.25) is 5.02 Å². The molecule has 6 nitrogen and oxygen atoms in total. The third-order valence-corrected chi connectivity index (χ3v) is 8.51. The Hall–Kier alpha value is -2.22. The molecule has 3 heterocycles. The van der Waals surface area contributed by atoms with Crippen molar-refractivity contribution in [3.8, 4) is 10.6 Å². The number of amides is 1. The second-order valence-electron chi connectivity index (χ2n) is 10.1. The van der Waals surface area contributed by atoms with Gasteiger partial charge in [0.25, 0.3) is 5.91 Å². The minimum atomic E-state index is -0.00750. The number of nitrogens with zero attached hydrogens (tertiary/aromatic N) is 3. The third-order valence-electron chi connectivity index (χ3n) is 7.13. The van der Waals surface area contributed by atoms with Gasteiger partial charge in [-0.05, 0) is 82.3 Å². The first-order valence-electron chi connectivity index (χ1n) is 12.2. The van der Waals surface area contributed by atoms with E-state index in [1.165, 1.54) is 32.4 Å². The highest BCUT2D eigenvalue weighted by molar-refractivity contribution is 7.22. The van der Waals surface area contributed by atoms with Gasteiger partial charge in [-0.25, -0.2) is 9.97 Å². The number of hydrogen-bond donors (Lipinski definition) is 2. The van der Waals surface area contributed by atoms with Crippen molar-refractivity contribution in [3.63, 3.8) is 0 Å². The summed E-state index contributed by atoms with van der Waals surface area (Å²) < 4.78 is 1.05. The van der Waals surface area contributed by atoms with Gasteiger partial charge in [0.05, 0.1) is 16.1 Å². The highest BCUT2D eigenvalue weighted by Gasteiger charge is 2.28. The van der Waals surface area contributed by atoms with Crippen LogP contribution in [0.5, 0.6) is 0 Å². The van der Waals surface area contributed by atoms with Gasteiger partial charge in [-0.3, -0.25) is 4.79 Å². The smallest absolute Gasteiger partial charge is 0.252 e.